The third-order valence-electron chi connectivity index (χ3n) is 2.41. The van der Waals surface area contributed by atoms with E-state index in [-0.39, 0.29) is 5.97 Å². The van der Waals surface area contributed by atoms with Crippen molar-refractivity contribution in [2.75, 3.05) is 7.11 Å². The first-order valence-corrected chi connectivity index (χ1v) is 5.72. The Morgan fingerprint density at radius 1 is 1.44 bits per heavy atom. The number of benzene rings is 1. The van der Waals surface area contributed by atoms with Crippen LogP contribution in [0.5, 0.6) is 0 Å². The number of methoxy groups -OCH3 is 1. The third-order valence-corrected chi connectivity index (χ3v) is 3.49. The van der Waals surface area contributed by atoms with Gasteiger partial charge in [-0.3, -0.25) is 0 Å². The fourth-order valence-electron chi connectivity index (χ4n) is 1.63. The molecule has 0 spiro atoms. The molecule has 3 heteroatoms. The predicted octanol–water partition coefficient (Wildman–Crippen LogP) is 3.72. The highest BCUT2D eigenvalue weighted by Gasteiger charge is 2.12. The maximum atomic E-state index is 11.4. The summed E-state index contributed by atoms with van der Waals surface area (Å²) < 4.78 is 5.80. The first kappa shape index (κ1) is 10.9. The van der Waals surface area contributed by atoms with E-state index in [1.807, 2.05) is 31.2 Å². The van der Waals surface area contributed by atoms with Gasteiger partial charge >= 0.3 is 5.97 Å². The van der Waals surface area contributed by atoms with E-state index in [1.165, 1.54) is 18.4 Å². The molecular formula is C13H12O2S. The van der Waals surface area contributed by atoms with Crippen LogP contribution in [0.1, 0.15) is 22.2 Å². The van der Waals surface area contributed by atoms with Gasteiger partial charge in [-0.05, 0) is 24.6 Å². The second-order valence-corrected chi connectivity index (χ2v) is 4.68. The Labute approximate surface area is 98.2 Å². The van der Waals surface area contributed by atoms with E-state index < -0.39 is 0 Å². The van der Waals surface area contributed by atoms with E-state index in [0.717, 1.165) is 21.2 Å². The lowest BCUT2D eigenvalue weighted by Crippen LogP contribution is -1.96. The van der Waals surface area contributed by atoms with Gasteiger partial charge in [0.05, 0.1) is 7.11 Å². The van der Waals surface area contributed by atoms with Crippen LogP contribution in [-0.4, -0.2) is 13.1 Å². The highest BCUT2D eigenvalue weighted by Crippen LogP contribution is 2.31. The van der Waals surface area contributed by atoms with Gasteiger partial charge in [-0.15, -0.1) is 11.3 Å². The maximum absolute atomic E-state index is 11.4. The van der Waals surface area contributed by atoms with E-state index in [4.69, 9.17) is 4.74 Å². The fraction of sp³-hybridized carbons (Fsp3) is 0.154. The Balaban J connectivity index is 2.65. The van der Waals surface area contributed by atoms with Crippen LogP contribution in [0.25, 0.3) is 15.7 Å². The van der Waals surface area contributed by atoms with Gasteiger partial charge in [0.1, 0.15) is 4.88 Å². The Morgan fingerprint density at radius 2 is 2.19 bits per heavy atom. The zero-order valence-electron chi connectivity index (χ0n) is 9.24. The molecule has 0 aliphatic rings. The second kappa shape index (κ2) is 4.10. The molecular weight excluding hydrogens is 220 g/mol. The zero-order valence-corrected chi connectivity index (χ0v) is 10.1. The van der Waals surface area contributed by atoms with Crippen LogP contribution in [-0.2, 0) is 4.74 Å². The molecule has 1 aromatic heterocycles. The summed E-state index contributed by atoms with van der Waals surface area (Å²) in [5.74, 6) is -0.283. The number of hydrogen-bond donors (Lipinski definition) is 0. The zero-order chi connectivity index (χ0) is 11.7. The van der Waals surface area contributed by atoms with Gasteiger partial charge in [0.2, 0.25) is 0 Å². The van der Waals surface area contributed by atoms with Crippen molar-refractivity contribution in [1.29, 1.82) is 0 Å². The molecule has 0 unspecified atom stereocenters. The molecule has 0 saturated carbocycles. The van der Waals surface area contributed by atoms with Crippen molar-refractivity contribution in [3.8, 4) is 0 Å². The molecule has 16 heavy (non-hydrogen) atoms. The van der Waals surface area contributed by atoms with E-state index in [1.54, 1.807) is 0 Å². The number of carbonyl (C=O) groups excluding carboxylic acids is 1. The number of hydrogen-bond acceptors (Lipinski definition) is 3. The summed E-state index contributed by atoms with van der Waals surface area (Å²) in [6.07, 6.45) is 0. The Hall–Kier alpha value is -1.61. The molecule has 1 heterocycles. The van der Waals surface area contributed by atoms with Gasteiger partial charge in [-0.2, -0.15) is 0 Å². The molecule has 0 saturated heterocycles. The summed E-state index contributed by atoms with van der Waals surface area (Å²) in [6.45, 7) is 5.90. The smallest absolute Gasteiger partial charge is 0.348 e. The SMILES string of the molecule is C=C(C)c1cccc2sc(C(=O)OC)cc12. The molecule has 0 fully saturated rings. The van der Waals surface area contributed by atoms with Crippen molar-refractivity contribution in [1.82, 2.24) is 0 Å². The minimum absolute atomic E-state index is 0.283. The molecule has 1 aromatic carbocycles. The van der Waals surface area contributed by atoms with Gasteiger partial charge in [0.25, 0.3) is 0 Å². The van der Waals surface area contributed by atoms with Crippen LogP contribution < -0.4 is 0 Å². The van der Waals surface area contributed by atoms with Gasteiger partial charge in [-0.25, -0.2) is 4.79 Å². The Morgan fingerprint density at radius 3 is 2.81 bits per heavy atom. The van der Waals surface area contributed by atoms with Crippen LogP contribution in [0, 0.1) is 0 Å². The van der Waals surface area contributed by atoms with Crippen LogP contribution in [0.3, 0.4) is 0 Å². The van der Waals surface area contributed by atoms with Gasteiger partial charge in [0, 0.05) is 10.1 Å². The molecule has 0 atom stereocenters. The lowest BCUT2D eigenvalue weighted by Gasteiger charge is -2.00. The summed E-state index contributed by atoms with van der Waals surface area (Å²) in [5, 5.41) is 1.07. The molecule has 2 rings (SSSR count). The number of thiophene rings is 1. The van der Waals surface area contributed by atoms with Crippen molar-refractivity contribution in [2.45, 2.75) is 6.92 Å². The minimum atomic E-state index is -0.283. The third kappa shape index (κ3) is 1.74. The highest BCUT2D eigenvalue weighted by molar-refractivity contribution is 7.20. The van der Waals surface area contributed by atoms with E-state index in [9.17, 15) is 4.79 Å². The van der Waals surface area contributed by atoms with E-state index >= 15 is 0 Å². The van der Waals surface area contributed by atoms with Crippen molar-refractivity contribution >= 4 is 33.0 Å². The Bertz CT molecular complexity index is 566. The molecule has 0 amide bonds. The number of rotatable bonds is 2. The van der Waals surface area contributed by atoms with Gasteiger partial charge < -0.3 is 4.74 Å². The standard InChI is InChI=1S/C13H12O2S/c1-8(2)9-5-4-6-11-10(9)7-12(16-11)13(14)15-3/h4-7H,1H2,2-3H3. The van der Waals surface area contributed by atoms with Gasteiger partial charge in [-0.1, -0.05) is 24.3 Å². The molecule has 0 bridgehead atoms. The van der Waals surface area contributed by atoms with Crippen molar-refractivity contribution < 1.29 is 9.53 Å². The summed E-state index contributed by atoms with van der Waals surface area (Å²) in [4.78, 5) is 12.1. The van der Waals surface area contributed by atoms with Crippen LogP contribution in [0.15, 0.2) is 30.8 Å². The lowest BCUT2D eigenvalue weighted by molar-refractivity contribution is 0.0606. The normalized spacial score (nSPS) is 10.4. The van der Waals surface area contributed by atoms with E-state index in [2.05, 4.69) is 6.58 Å². The average Bonchev–Trinajstić information content (AvgIpc) is 2.70. The first-order chi connectivity index (χ1) is 7.63. The number of allylic oxidation sites excluding steroid dienone is 1. The molecule has 0 radical (unpaired) electrons. The van der Waals surface area contributed by atoms with Crippen molar-refractivity contribution in [2.24, 2.45) is 0 Å². The molecule has 0 aliphatic carbocycles. The van der Waals surface area contributed by atoms with Crippen molar-refractivity contribution in [3.63, 3.8) is 0 Å². The summed E-state index contributed by atoms with van der Waals surface area (Å²) in [7, 11) is 1.40. The highest BCUT2D eigenvalue weighted by atomic mass is 32.1. The predicted molar refractivity (Wildman–Crippen MR) is 67.9 cm³/mol. The second-order valence-electron chi connectivity index (χ2n) is 3.60. The molecule has 0 aliphatic heterocycles. The number of esters is 1. The topological polar surface area (TPSA) is 26.3 Å². The fourth-order valence-corrected chi connectivity index (χ4v) is 2.64. The quantitative estimate of drug-likeness (QED) is 0.738. The molecule has 82 valence electrons. The maximum Gasteiger partial charge on any atom is 0.348 e. The average molecular weight is 232 g/mol. The summed E-state index contributed by atoms with van der Waals surface area (Å²) in [6, 6.07) is 7.86. The van der Waals surface area contributed by atoms with Gasteiger partial charge in [0.15, 0.2) is 0 Å². The number of carbonyl (C=O) groups is 1. The minimum Gasteiger partial charge on any atom is -0.465 e. The lowest BCUT2D eigenvalue weighted by atomic mass is 10.0. The van der Waals surface area contributed by atoms with Crippen LogP contribution in [0.4, 0.5) is 0 Å². The van der Waals surface area contributed by atoms with Crippen LogP contribution >= 0.6 is 11.3 Å². The Kier molecular flexibility index (Phi) is 2.79. The molecule has 0 N–H and O–H groups in total. The largest absolute Gasteiger partial charge is 0.465 e. The summed E-state index contributed by atoms with van der Waals surface area (Å²) >= 11 is 1.45. The number of fused-ring (bicyclic) bond motifs is 1. The molecule has 2 aromatic rings. The monoisotopic (exact) mass is 232 g/mol. The molecule has 2 nitrogen and oxygen atoms in total. The van der Waals surface area contributed by atoms with Crippen molar-refractivity contribution in [3.05, 3.63) is 41.3 Å². The van der Waals surface area contributed by atoms with Crippen LogP contribution in [0.2, 0.25) is 0 Å². The first-order valence-electron chi connectivity index (χ1n) is 4.90. The summed E-state index contributed by atoms with van der Waals surface area (Å²) in [5.41, 5.74) is 2.09. The van der Waals surface area contributed by atoms with E-state index in [0.29, 0.717) is 4.88 Å². The number of ether oxygens (including phenoxy) is 1.